The summed E-state index contributed by atoms with van der Waals surface area (Å²) in [7, 11) is 0. The molecule has 0 saturated carbocycles. The number of benzene rings is 2. The fourth-order valence-electron chi connectivity index (χ4n) is 3.02. The summed E-state index contributed by atoms with van der Waals surface area (Å²) in [5, 5.41) is 7.96. The molecule has 0 bridgehead atoms. The minimum absolute atomic E-state index is 0.159. The van der Waals surface area contributed by atoms with Crippen LogP contribution in [0.25, 0.3) is 16.6 Å². The van der Waals surface area contributed by atoms with Gasteiger partial charge in [-0.25, -0.2) is 9.67 Å². The standard InChI is InChI=1S/C20H16ClN5O2/c1-13-23-16-6-3-2-5-15(16)20(28)25(13)12-19(27)24-17-11-14(21)7-8-18(17)26-10-4-9-22-26/h2-11H,12H2,1H3,(H,24,27). The van der Waals surface area contributed by atoms with Gasteiger partial charge >= 0.3 is 0 Å². The van der Waals surface area contributed by atoms with Crippen molar-refractivity contribution in [1.82, 2.24) is 19.3 Å². The van der Waals surface area contributed by atoms with Crippen LogP contribution in [0.5, 0.6) is 0 Å². The second-order valence-electron chi connectivity index (χ2n) is 6.23. The lowest BCUT2D eigenvalue weighted by molar-refractivity contribution is -0.116. The average Bonchev–Trinajstić information content (AvgIpc) is 3.20. The second-order valence-corrected chi connectivity index (χ2v) is 6.66. The molecule has 0 unspecified atom stereocenters. The molecule has 2 heterocycles. The summed E-state index contributed by atoms with van der Waals surface area (Å²) in [6.45, 7) is 1.54. The lowest BCUT2D eigenvalue weighted by Gasteiger charge is -2.14. The van der Waals surface area contributed by atoms with E-state index in [2.05, 4.69) is 15.4 Å². The van der Waals surface area contributed by atoms with Gasteiger partial charge in [0.25, 0.3) is 5.56 Å². The molecule has 0 aliphatic carbocycles. The average molecular weight is 394 g/mol. The van der Waals surface area contributed by atoms with Crippen molar-refractivity contribution in [2.45, 2.75) is 13.5 Å². The van der Waals surface area contributed by atoms with Gasteiger partial charge in [-0.05, 0) is 43.3 Å². The van der Waals surface area contributed by atoms with Crippen LogP contribution in [0.1, 0.15) is 5.82 Å². The van der Waals surface area contributed by atoms with Gasteiger partial charge in [0, 0.05) is 17.4 Å². The number of aryl methyl sites for hydroxylation is 1. The highest BCUT2D eigenvalue weighted by Crippen LogP contribution is 2.24. The summed E-state index contributed by atoms with van der Waals surface area (Å²) in [5.74, 6) is 0.107. The number of nitrogens with one attached hydrogen (secondary N) is 1. The van der Waals surface area contributed by atoms with Crippen molar-refractivity contribution in [3.05, 3.63) is 82.1 Å². The second kappa shape index (κ2) is 7.28. The number of amides is 1. The van der Waals surface area contributed by atoms with E-state index in [1.54, 1.807) is 66.5 Å². The van der Waals surface area contributed by atoms with E-state index in [9.17, 15) is 9.59 Å². The zero-order valence-corrected chi connectivity index (χ0v) is 15.7. The number of rotatable bonds is 4. The van der Waals surface area contributed by atoms with E-state index < -0.39 is 0 Å². The molecule has 2 aromatic carbocycles. The minimum Gasteiger partial charge on any atom is -0.323 e. The Morgan fingerprint density at radius 3 is 2.79 bits per heavy atom. The molecule has 8 heteroatoms. The Hall–Kier alpha value is -3.45. The first-order chi connectivity index (χ1) is 13.5. The smallest absolute Gasteiger partial charge is 0.261 e. The van der Waals surface area contributed by atoms with Crippen molar-refractivity contribution in [2.24, 2.45) is 0 Å². The lowest BCUT2D eigenvalue weighted by Crippen LogP contribution is -2.30. The SMILES string of the molecule is Cc1nc2ccccc2c(=O)n1CC(=O)Nc1cc(Cl)ccc1-n1cccn1. The molecule has 2 aromatic heterocycles. The van der Waals surface area contributed by atoms with Gasteiger partial charge < -0.3 is 5.32 Å². The normalized spacial score (nSPS) is 10.9. The first kappa shape index (κ1) is 17.9. The van der Waals surface area contributed by atoms with Crippen molar-refractivity contribution in [3.63, 3.8) is 0 Å². The first-order valence-electron chi connectivity index (χ1n) is 8.58. The number of halogens is 1. The van der Waals surface area contributed by atoms with Gasteiger partial charge in [0.2, 0.25) is 5.91 Å². The van der Waals surface area contributed by atoms with Crippen molar-refractivity contribution in [3.8, 4) is 5.69 Å². The number of anilines is 1. The van der Waals surface area contributed by atoms with E-state index >= 15 is 0 Å². The topological polar surface area (TPSA) is 81.8 Å². The van der Waals surface area contributed by atoms with Crippen LogP contribution < -0.4 is 10.9 Å². The number of nitrogens with zero attached hydrogens (tertiary/aromatic N) is 4. The Kier molecular flexibility index (Phi) is 4.67. The van der Waals surface area contributed by atoms with Crippen molar-refractivity contribution in [2.75, 3.05) is 5.32 Å². The number of aromatic nitrogens is 4. The summed E-state index contributed by atoms with van der Waals surface area (Å²) in [6, 6.07) is 14.0. The number of carbonyl (C=O) groups is 1. The molecule has 28 heavy (non-hydrogen) atoms. The van der Waals surface area contributed by atoms with Gasteiger partial charge in [0.1, 0.15) is 12.4 Å². The molecule has 7 nitrogen and oxygen atoms in total. The molecule has 1 amide bonds. The number of para-hydroxylation sites is 1. The Morgan fingerprint density at radius 2 is 2.00 bits per heavy atom. The van der Waals surface area contributed by atoms with E-state index in [1.165, 1.54) is 4.57 Å². The first-order valence-corrected chi connectivity index (χ1v) is 8.96. The maximum atomic E-state index is 12.8. The maximum absolute atomic E-state index is 12.8. The Labute approximate surface area is 165 Å². The summed E-state index contributed by atoms with van der Waals surface area (Å²) in [5.41, 5.74) is 1.53. The summed E-state index contributed by atoms with van der Waals surface area (Å²) < 4.78 is 2.98. The van der Waals surface area contributed by atoms with Crippen LogP contribution in [-0.4, -0.2) is 25.2 Å². The van der Waals surface area contributed by atoms with Gasteiger partial charge in [-0.1, -0.05) is 23.7 Å². The predicted molar refractivity (Wildman–Crippen MR) is 108 cm³/mol. The predicted octanol–water partition coefficient (Wildman–Crippen LogP) is 3.18. The highest BCUT2D eigenvalue weighted by Gasteiger charge is 2.14. The summed E-state index contributed by atoms with van der Waals surface area (Å²) in [4.78, 5) is 29.9. The van der Waals surface area contributed by atoms with Crippen LogP contribution in [0.2, 0.25) is 5.02 Å². The molecule has 1 N–H and O–H groups in total. The highest BCUT2D eigenvalue weighted by atomic mass is 35.5. The molecule has 4 aromatic rings. The van der Waals surface area contributed by atoms with E-state index in [0.717, 1.165) is 0 Å². The number of carbonyl (C=O) groups excluding carboxylic acids is 1. The quantitative estimate of drug-likeness (QED) is 0.577. The highest BCUT2D eigenvalue weighted by molar-refractivity contribution is 6.31. The van der Waals surface area contributed by atoms with Gasteiger partial charge in [-0.15, -0.1) is 0 Å². The zero-order chi connectivity index (χ0) is 19.7. The molecular formula is C20H16ClN5O2. The number of hydrogen-bond acceptors (Lipinski definition) is 4. The maximum Gasteiger partial charge on any atom is 0.261 e. The monoisotopic (exact) mass is 393 g/mol. The van der Waals surface area contributed by atoms with Crippen LogP contribution in [0.3, 0.4) is 0 Å². The van der Waals surface area contributed by atoms with E-state index in [4.69, 9.17) is 11.6 Å². The fourth-order valence-corrected chi connectivity index (χ4v) is 3.19. The third kappa shape index (κ3) is 3.39. The molecular weight excluding hydrogens is 378 g/mol. The van der Waals surface area contributed by atoms with Gasteiger partial charge in [-0.2, -0.15) is 5.10 Å². The molecule has 0 fully saturated rings. The lowest BCUT2D eigenvalue weighted by atomic mass is 10.2. The van der Waals surface area contributed by atoms with Gasteiger partial charge in [0.15, 0.2) is 0 Å². The molecule has 0 saturated heterocycles. The summed E-state index contributed by atoms with van der Waals surface area (Å²) in [6.07, 6.45) is 3.41. The van der Waals surface area contributed by atoms with Gasteiger partial charge in [0.05, 0.1) is 22.3 Å². The van der Waals surface area contributed by atoms with Crippen LogP contribution in [0, 0.1) is 6.92 Å². The number of hydrogen-bond donors (Lipinski definition) is 1. The Bertz CT molecular complexity index is 1230. The molecule has 0 spiro atoms. The molecule has 0 aliphatic rings. The van der Waals surface area contributed by atoms with Crippen molar-refractivity contribution < 1.29 is 4.79 Å². The van der Waals surface area contributed by atoms with Crippen LogP contribution >= 0.6 is 11.6 Å². The molecule has 0 atom stereocenters. The fraction of sp³-hybridized carbons (Fsp3) is 0.100. The van der Waals surface area contributed by atoms with Crippen LogP contribution in [-0.2, 0) is 11.3 Å². The number of fused-ring (bicyclic) bond motifs is 1. The Morgan fingerprint density at radius 1 is 1.18 bits per heavy atom. The minimum atomic E-state index is -0.363. The molecule has 0 radical (unpaired) electrons. The van der Waals surface area contributed by atoms with Crippen molar-refractivity contribution >= 4 is 34.1 Å². The van der Waals surface area contributed by atoms with E-state index in [0.29, 0.717) is 33.1 Å². The van der Waals surface area contributed by atoms with Crippen LogP contribution in [0.4, 0.5) is 5.69 Å². The molecule has 0 aliphatic heterocycles. The van der Waals surface area contributed by atoms with E-state index in [1.807, 2.05) is 6.07 Å². The van der Waals surface area contributed by atoms with Crippen LogP contribution in [0.15, 0.2) is 65.7 Å². The third-order valence-electron chi connectivity index (χ3n) is 4.34. The van der Waals surface area contributed by atoms with E-state index in [-0.39, 0.29) is 18.0 Å². The van der Waals surface area contributed by atoms with Crippen molar-refractivity contribution in [1.29, 1.82) is 0 Å². The molecule has 140 valence electrons. The van der Waals surface area contributed by atoms with Gasteiger partial charge in [-0.3, -0.25) is 14.2 Å². The zero-order valence-electron chi connectivity index (χ0n) is 15.0. The summed E-state index contributed by atoms with van der Waals surface area (Å²) >= 11 is 6.09. The Balaban J connectivity index is 1.65. The molecule has 4 rings (SSSR count). The third-order valence-corrected chi connectivity index (χ3v) is 4.57. The largest absolute Gasteiger partial charge is 0.323 e.